The molecule has 14 heteroatoms. The smallest absolute Gasteiger partial charge is 0.318 e. The third-order valence-corrected chi connectivity index (χ3v) is 11.6. The second-order valence-corrected chi connectivity index (χ2v) is 18.7. The summed E-state index contributed by atoms with van der Waals surface area (Å²) in [5, 5.41) is 29.8. The van der Waals surface area contributed by atoms with E-state index in [2.05, 4.69) is 20.8 Å². The van der Waals surface area contributed by atoms with Crippen molar-refractivity contribution in [2.75, 3.05) is 20.1 Å². The summed E-state index contributed by atoms with van der Waals surface area (Å²) in [6.07, 6.45) is 3.89. The molecule has 13 nitrogen and oxygen atoms in total. The summed E-state index contributed by atoms with van der Waals surface area (Å²) >= 11 is 0. The topological polar surface area (TPSA) is 174 Å². The number of sulfonamides is 1. The third-order valence-electron chi connectivity index (χ3n) is 9.80. The number of carbonyl (C=O) groups excluding carboxylic acids is 2. The molecule has 1 aromatic heterocycles. The van der Waals surface area contributed by atoms with Crippen molar-refractivity contribution in [2.24, 2.45) is 16.5 Å². The Labute approximate surface area is 332 Å². The van der Waals surface area contributed by atoms with Crippen molar-refractivity contribution in [3.63, 3.8) is 0 Å². The number of ether oxygens (including phenoxy) is 1. The second-order valence-electron chi connectivity index (χ2n) is 16.8. The molecule has 4 rings (SSSR count). The maximum Gasteiger partial charge on any atom is 0.318 e. The van der Waals surface area contributed by atoms with E-state index in [9.17, 15) is 23.1 Å². The Bertz CT molecular complexity index is 1850. The molecule has 0 radical (unpaired) electrons. The highest BCUT2D eigenvalue weighted by Crippen LogP contribution is 2.29. The average Bonchev–Trinajstić information content (AvgIpc) is 3.66. The van der Waals surface area contributed by atoms with Crippen molar-refractivity contribution in [1.29, 1.82) is 0 Å². The third kappa shape index (κ3) is 13.4. The Morgan fingerprint density at radius 1 is 0.946 bits per heavy atom. The fourth-order valence-corrected chi connectivity index (χ4v) is 8.19. The number of aliphatic hydroxyl groups excluding tert-OH is 1. The zero-order valence-corrected chi connectivity index (χ0v) is 34.6. The van der Waals surface area contributed by atoms with Crippen molar-refractivity contribution < 1.29 is 33.1 Å². The van der Waals surface area contributed by atoms with E-state index in [1.165, 1.54) is 27.6 Å². The lowest BCUT2D eigenvalue weighted by Gasteiger charge is -2.35. The van der Waals surface area contributed by atoms with Crippen LogP contribution in [0.5, 0.6) is 0 Å². The SMILES string of the molecule is CN(Cc1cccc(COC(C)(C)C)n1)C(=O)N[C@@H](C(=O)N[C@@H](Cc1ccccc1)C(O)CN(CC1CCCC1)S(=O)(=O)c1ccc(/C=N/O)cc1)C(C)(C)C. The van der Waals surface area contributed by atoms with Gasteiger partial charge in [-0.3, -0.25) is 9.78 Å². The molecular weight excluding hydrogens is 733 g/mol. The molecule has 1 aliphatic rings. The predicted molar refractivity (Wildman–Crippen MR) is 217 cm³/mol. The molecule has 3 atom stereocenters. The number of oxime groups is 1. The van der Waals surface area contributed by atoms with Crippen molar-refractivity contribution in [1.82, 2.24) is 24.8 Å². The number of amides is 3. The van der Waals surface area contributed by atoms with Gasteiger partial charge in [0.05, 0.1) is 53.4 Å². The van der Waals surface area contributed by atoms with Crippen LogP contribution in [0.4, 0.5) is 4.79 Å². The van der Waals surface area contributed by atoms with Crippen molar-refractivity contribution in [3.8, 4) is 0 Å². The lowest BCUT2D eigenvalue weighted by molar-refractivity contribution is -0.127. The van der Waals surface area contributed by atoms with Crippen LogP contribution >= 0.6 is 0 Å². The van der Waals surface area contributed by atoms with E-state index in [1.807, 2.05) is 90.1 Å². The molecular formula is C42H60N6O7S. The number of aliphatic hydroxyl groups is 1. The van der Waals surface area contributed by atoms with Crippen molar-refractivity contribution in [3.05, 3.63) is 95.3 Å². The highest BCUT2D eigenvalue weighted by atomic mass is 32.2. The monoisotopic (exact) mass is 792 g/mol. The Morgan fingerprint density at radius 3 is 2.20 bits per heavy atom. The Balaban J connectivity index is 1.55. The summed E-state index contributed by atoms with van der Waals surface area (Å²) < 4.78 is 35.5. The van der Waals surface area contributed by atoms with Crippen LogP contribution in [0, 0.1) is 11.3 Å². The van der Waals surface area contributed by atoms with Crippen LogP contribution in [0.15, 0.2) is 82.8 Å². The zero-order valence-electron chi connectivity index (χ0n) is 33.8. The lowest BCUT2D eigenvalue weighted by Crippen LogP contribution is -2.60. The molecule has 4 N–H and O–H groups in total. The first-order valence-corrected chi connectivity index (χ1v) is 20.7. The molecule has 1 heterocycles. The molecule has 0 saturated heterocycles. The largest absolute Gasteiger partial charge is 0.411 e. The minimum atomic E-state index is -4.07. The highest BCUT2D eigenvalue weighted by molar-refractivity contribution is 7.89. The second kappa shape index (κ2) is 19.7. The first-order chi connectivity index (χ1) is 26.4. The standard InChI is InChI=1S/C42H60N6O7S/c1-41(2,3)38(46-40(51)47(7)27-33-18-13-19-34(44-33)29-55-42(4,5)6)39(50)45-36(24-30-14-9-8-10-15-30)37(49)28-48(26-32-16-11-12-17-32)56(53,54)35-22-20-31(21-23-35)25-43-52/h8-10,13-15,18-23,25,32,36-38,49,52H,11-12,16-17,24,26-29H2,1-7H3,(H,45,50)(H,46,51)/b43-25+/t36-,37?,38-/m0/s1. The number of hydrogen-bond donors (Lipinski definition) is 4. The molecule has 1 fully saturated rings. The maximum absolute atomic E-state index is 14.2. The summed E-state index contributed by atoms with van der Waals surface area (Å²) in [5.74, 6) is -0.378. The predicted octanol–water partition coefficient (Wildman–Crippen LogP) is 5.73. The Kier molecular flexibility index (Phi) is 15.6. The van der Waals surface area contributed by atoms with Gasteiger partial charge < -0.3 is 30.6 Å². The van der Waals surface area contributed by atoms with Crippen LogP contribution in [0.1, 0.15) is 89.7 Å². The van der Waals surface area contributed by atoms with Gasteiger partial charge in [0, 0.05) is 20.1 Å². The molecule has 306 valence electrons. The van der Waals surface area contributed by atoms with Crippen LogP contribution in [-0.4, -0.2) is 95.0 Å². The summed E-state index contributed by atoms with van der Waals surface area (Å²) in [6, 6.07) is 18.5. The molecule has 1 unspecified atom stereocenters. The van der Waals surface area contributed by atoms with Gasteiger partial charge in [0.15, 0.2) is 0 Å². The first-order valence-electron chi connectivity index (χ1n) is 19.3. The van der Waals surface area contributed by atoms with Gasteiger partial charge in [-0.1, -0.05) is 87.3 Å². The van der Waals surface area contributed by atoms with Gasteiger partial charge in [0.1, 0.15) is 6.04 Å². The summed E-state index contributed by atoms with van der Waals surface area (Å²) in [7, 11) is -2.45. The quantitative estimate of drug-likeness (QED) is 0.0762. The van der Waals surface area contributed by atoms with Crippen LogP contribution in [0.2, 0.25) is 0 Å². The number of hydrogen-bond acceptors (Lipinski definition) is 9. The van der Waals surface area contributed by atoms with E-state index in [1.54, 1.807) is 19.2 Å². The number of urea groups is 1. The number of rotatable bonds is 17. The Hall–Kier alpha value is -4.37. The van der Waals surface area contributed by atoms with Gasteiger partial charge in [-0.25, -0.2) is 13.2 Å². The van der Waals surface area contributed by atoms with Gasteiger partial charge in [-0.15, -0.1) is 0 Å². The summed E-state index contributed by atoms with van der Waals surface area (Å²) in [6.45, 7) is 11.9. The number of nitrogens with zero attached hydrogens (tertiary/aromatic N) is 4. The minimum Gasteiger partial charge on any atom is -0.411 e. The fraction of sp³-hybridized carbons (Fsp3) is 0.524. The number of nitrogens with one attached hydrogen (secondary N) is 2. The normalized spacial score (nSPS) is 15.8. The molecule has 1 aliphatic carbocycles. The van der Waals surface area contributed by atoms with E-state index < -0.39 is 45.6 Å². The van der Waals surface area contributed by atoms with Gasteiger partial charge >= 0.3 is 6.03 Å². The molecule has 0 spiro atoms. The van der Waals surface area contributed by atoms with Crippen molar-refractivity contribution >= 4 is 28.2 Å². The molecule has 3 aromatic rings. The number of carbonyl (C=O) groups is 2. The summed E-state index contributed by atoms with van der Waals surface area (Å²) in [4.78, 5) is 34.0. The van der Waals surface area contributed by atoms with Gasteiger partial charge in [-0.05, 0) is 86.8 Å². The summed E-state index contributed by atoms with van der Waals surface area (Å²) in [5.41, 5.74) is 1.69. The van der Waals surface area contributed by atoms with Crippen LogP contribution in [0.25, 0.3) is 0 Å². The van der Waals surface area contributed by atoms with E-state index in [0.29, 0.717) is 17.9 Å². The van der Waals surface area contributed by atoms with Gasteiger partial charge in [0.2, 0.25) is 15.9 Å². The minimum absolute atomic E-state index is 0.0428. The molecule has 56 heavy (non-hydrogen) atoms. The number of benzene rings is 2. The van der Waals surface area contributed by atoms with E-state index in [0.717, 1.165) is 36.9 Å². The molecule has 3 amide bonds. The Morgan fingerprint density at radius 2 is 1.59 bits per heavy atom. The van der Waals surface area contributed by atoms with Crippen molar-refractivity contribution in [2.45, 2.75) is 115 Å². The molecule has 2 aromatic carbocycles. The number of aromatic nitrogens is 1. The van der Waals surface area contributed by atoms with Gasteiger partial charge in [0.25, 0.3) is 0 Å². The fourth-order valence-electron chi connectivity index (χ4n) is 6.66. The van der Waals surface area contributed by atoms with E-state index in [4.69, 9.17) is 9.94 Å². The van der Waals surface area contributed by atoms with E-state index >= 15 is 0 Å². The molecule has 0 bridgehead atoms. The highest BCUT2D eigenvalue weighted by Gasteiger charge is 2.38. The van der Waals surface area contributed by atoms with E-state index in [-0.39, 0.29) is 42.5 Å². The van der Waals surface area contributed by atoms with Crippen LogP contribution in [-0.2, 0) is 39.1 Å². The maximum atomic E-state index is 14.2. The first kappa shape index (κ1) is 44.3. The van der Waals surface area contributed by atoms with Crippen LogP contribution in [0.3, 0.4) is 0 Å². The van der Waals surface area contributed by atoms with Crippen LogP contribution < -0.4 is 10.6 Å². The molecule has 1 saturated carbocycles. The van der Waals surface area contributed by atoms with Gasteiger partial charge in [-0.2, -0.15) is 4.31 Å². The molecule has 0 aliphatic heterocycles. The lowest BCUT2D eigenvalue weighted by atomic mass is 9.85. The average molecular weight is 793 g/mol. The zero-order chi connectivity index (χ0) is 41.1. The number of pyridine rings is 1.